The highest BCUT2D eigenvalue weighted by molar-refractivity contribution is 5.89. The Balaban J connectivity index is 1.91. The second kappa shape index (κ2) is 5.63. The summed E-state index contributed by atoms with van der Waals surface area (Å²) in [6.45, 7) is 0.292. The molecule has 0 fully saturated rings. The molecule has 1 aromatic carbocycles. The zero-order chi connectivity index (χ0) is 13.7. The first-order chi connectivity index (χ1) is 9.15. The third-order valence-corrected chi connectivity index (χ3v) is 2.31. The van der Waals surface area contributed by atoms with Crippen LogP contribution in [-0.2, 0) is 6.54 Å². The van der Waals surface area contributed by atoms with Crippen molar-refractivity contribution in [2.24, 2.45) is 0 Å². The molecule has 0 saturated heterocycles. The minimum Gasteiger partial charge on any atom is -0.347 e. The standard InChI is InChI=1S/C11H11N5O3/c17-11(13-6-9-5-12-7-14-9)15-8-2-1-3-10(4-8)16(18)19/h1-5,7H,6H2,(H,12,14)(H2,13,15,17). The molecule has 1 heterocycles. The lowest BCUT2D eigenvalue weighted by molar-refractivity contribution is -0.384. The number of amides is 2. The Morgan fingerprint density at radius 3 is 3.00 bits per heavy atom. The van der Waals surface area contributed by atoms with Crippen LogP contribution in [0.25, 0.3) is 0 Å². The molecular formula is C11H11N5O3. The van der Waals surface area contributed by atoms with Crippen molar-refractivity contribution in [3.05, 3.63) is 52.6 Å². The number of hydrogen-bond acceptors (Lipinski definition) is 4. The lowest BCUT2D eigenvalue weighted by atomic mass is 10.3. The predicted octanol–water partition coefficient (Wildman–Crippen LogP) is 1.64. The number of benzene rings is 1. The average molecular weight is 261 g/mol. The summed E-state index contributed by atoms with van der Waals surface area (Å²) in [5.74, 6) is 0. The van der Waals surface area contributed by atoms with E-state index >= 15 is 0 Å². The third-order valence-electron chi connectivity index (χ3n) is 2.31. The van der Waals surface area contributed by atoms with Crippen LogP contribution in [0.2, 0.25) is 0 Å². The number of H-pyrrole nitrogens is 1. The van der Waals surface area contributed by atoms with Gasteiger partial charge in [0, 0.05) is 24.0 Å². The van der Waals surface area contributed by atoms with Crippen LogP contribution in [0.5, 0.6) is 0 Å². The van der Waals surface area contributed by atoms with Crippen molar-refractivity contribution in [2.45, 2.75) is 6.54 Å². The molecule has 19 heavy (non-hydrogen) atoms. The zero-order valence-corrected chi connectivity index (χ0v) is 9.79. The summed E-state index contributed by atoms with van der Waals surface area (Å²) in [5, 5.41) is 15.7. The number of carbonyl (C=O) groups excluding carboxylic acids is 1. The largest absolute Gasteiger partial charge is 0.347 e. The fourth-order valence-electron chi connectivity index (χ4n) is 1.43. The van der Waals surface area contributed by atoms with E-state index in [1.54, 1.807) is 12.3 Å². The van der Waals surface area contributed by atoms with Gasteiger partial charge in [0.1, 0.15) is 0 Å². The highest BCUT2D eigenvalue weighted by atomic mass is 16.6. The summed E-state index contributed by atoms with van der Waals surface area (Å²) in [6.07, 6.45) is 3.10. The number of aromatic amines is 1. The van der Waals surface area contributed by atoms with E-state index in [1.807, 2.05) is 0 Å². The fraction of sp³-hybridized carbons (Fsp3) is 0.0909. The van der Waals surface area contributed by atoms with Crippen LogP contribution in [-0.4, -0.2) is 20.9 Å². The second-order valence-corrected chi connectivity index (χ2v) is 3.69. The average Bonchev–Trinajstić information content (AvgIpc) is 2.90. The van der Waals surface area contributed by atoms with E-state index in [9.17, 15) is 14.9 Å². The number of aromatic nitrogens is 2. The summed E-state index contributed by atoms with van der Waals surface area (Å²) >= 11 is 0. The van der Waals surface area contributed by atoms with E-state index in [1.165, 1.54) is 24.5 Å². The molecule has 2 aromatic rings. The Labute approximate surface area is 108 Å². The van der Waals surface area contributed by atoms with Crippen LogP contribution in [0.1, 0.15) is 5.69 Å². The quantitative estimate of drug-likeness (QED) is 0.573. The number of carbonyl (C=O) groups is 1. The number of rotatable bonds is 4. The fourth-order valence-corrected chi connectivity index (χ4v) is 1.43. The molecule has 0 aliphatic carbocycles. The molecule has 0 aliphatic rings. The van der Waals surface area contributed by atoms with Crippen molar-refractivity contribution in [3.8, 4) is 0 Å². The maximum Gasteiger partial charge on any atom is 0.319 e. The topological polar surface area (TPSA) is 113 Å². The molecule has 8 heteroatoms. The first kappa shape index (κ1) is 12.6. The van der Waals surface area contributed by atoms with Crippen LogP contribution < -0.4 is 10.6 Å². The number of nitrogens with zero attached hydrogens (tertiary/aromatic N) is 2. The number of nitro groups is 1. The second-order valence-electron chi connectivity index (χ2n) is 3.69. The third kappa shape index (κ3) is 3.53. The summed E-state index contributed by atoms with van der Waals surface area (Å²) in [7, 11) is 0. The summed E-state index contributed by atoms with van der Waals surface area (Å²) in [6, 6.07) is 5.27. The van der Waals surface area contributed by atoms with Crippen LogP contribution in [0, 0.1) is 10.1 Å². The molecule has 0 aliphatic heterocycles. The Morgan fingerprint density at radius 2 is 2.32 bits per heavy atom. The molecule has 98 valence electrons. The summed E-state index contributed by atoms with van der Waals surface area (Å²) in [5.41, 5.74) is 1.04. The van der Waals surface area contributed by atoms with E-state index in [-0.39, 0.29) is 5.69 Å². The first-order valence-corrected chi connectivity index (χ1v) is 5.42. The van der Waals surface area contributed by atoms with Gasteiger partial charge in [-0.05, 0) is 6.07 Å². The van der Waals surface area contributed by atoms with Crippen LogP contribution in [0.15, 0.2) is 36.8 Å². The number of nitrogens with one attached hydrogen (secondary N) is 3. The summed E-state index contributed by atoms with van der Waals surface area (Å²) in [4.78, 5) is 28.3. The van der Waals surface area contributed by atoms with E-state index in [0.29, 0.717) is 12.2 Å². The lowest BCUT2D eigenvalue weighted by Crippen LogP contribution is -2.28. The Kier molecular flexibility index (Phi) is 3.72. The van der Waals surface area contributed by atoms with Crippen molar-refractivity contribution in [2.75, 3.05) is 5.32 Å². The number of nitro benzene ring substituents is 1. The smallest absolute Gasteiger partial charge is 0.319 e. The van der Waals surface area contributed by atoms with Gasteiger partial charge in [-0.15, -0.1) is 0 Å². The molecule has 0 atom stereocenters. The Bertz CT molecular complexity index is 582. The maximum atomic E-state index is 11.6. The molecular weight excluding hydrogens is 250 g/mol. The molecule has 0 saturated carbocycles. The minimum absolute atomic E-state index is 0.0774. The van der Waals surface area contributed by atoms with Crippen molar-refractivity contribution in [1.82, 2.24) is 15.3 Å². The van der Waals surface area contributed by atoms with E-state index in [2.05, 4.69) is 20.6 Å². The molecule has 8 nitrogen and oxygen atoms in total. The minimum atomic E-state index is -0.520. The van der Waals surface area contributed by atoms with Crippen LogP contribution in [0.3, 0.4) is 0 Å². The van der Waals surface area contributed by atoms with Gasteiger partial charge in [0.25, 0.3) is 5.69 Å². The van der Waals surface area contributed by atoms with Gasteiger partial charge in [-0.25, -0.2) is 9.78 Å². The van der Waals surface area contributed by atoms with Gasteiger partial charge >= 0.3 is 6.03 Å². The number of hydrogen-bond donors (Lipinski definition) is 3. The van der Waals surface area contributed by atoms with E-state index < -0.39 is 11.0 Å². The van der Waals surface area contributed by atoms with Crippen LogP contribution >= 0.6 is 0 Å². The number of anilines is 1. The highest BCUT2D eigenvalue weighted by Crippen LogP contribution is 2.16. The Hall–Kier alpha value is -2.90. The van der Waals surface area contributed by atoms with Crippen molar-refractivity contribution in [3.63, 3.8) is 0 Å². The molecule has 2 amide bonds. The van der Waals surface area contributed by atoms with Crippen molar-refractivity contribution in [1.29, 1.82) is 0 Å². The monoisotopic (exact) mass is 261 g/mol. The van der Waals surface area contributed by atoms with Crippen molar-refractivity contribution < 1.29 is 9.72 Å². The number of imidazole rings is 1. The van der Waals surface area contributed by atoms with Gasteiger partial charge in [0.05, 0.1) is 23.5 Å². The molecule has 2 rings (SSSR count). The number of urea groups is 1. The van der Waals surface area contributed by atoms with Gasteiger partial charge in [-0.1, -0.05) is 6.07 Å². The normalized spacial score (nSPS) is 9.89. The first-order valence-electron chi connectivity index (χ1n) is 5.42. The van der Waals surface area contributed by atoms with E-state index in [4.69, 9.17) is 0 Å². The van der Waals surface area contributed by atoms with Crippen LogP contribution in [0.4, 0.5) is 16.2 Å². The zero-order valence-electron chi connectivity index (χ0n) is 9.79. The lowest BCUT2D eigenvalue weighted by Gasteiger charge is -2.06. The Morgan fingerprint density at radius 1 is 1.47 bits per heavy atom. The summed E-state index contributed by atoms with van der Waals surface area (Å²) < 4.78 is 0. The van der Waals surface area contributed by atoms with Gasteiger partial charge in [-0.2, -0.15) is 0 Å². The van der Waals surface area contributed by atoms with Gasteiger partial charge in [0.15, 0.2) is 0 Å². The molecule has 0 bridgehead atoms. The van der Waals surface area contributed by atoms with Crippen molar-refractivity contribution >= 4 is 17.4 Å². The maximum absolute atomic E-state index is 11.6. The van der Waals surface area contributed by atoms with E-state index in [0.717, 1.165) is 5.69 Å². The SMILES string of the molecule is O=C(NCc1cnc[nH]1)Nc1cccc([N+](=O)[O-])c1. The molecule has 0 radical (unpaired) electrons. The van der Waals surface area contributed by atoms with Gasteiger partial charge < -0.3 is 15.6 Å². The molecule has 0 spiro atoms. The molecule has 3 N–H and O–H groups in total. The highest BCUT2D eigenvalue weighted by Gasteiger charge is 2.07. The predicted molar refractivity (Wildman–Crippen MR) is 67.5 cm³/mol. The molecule has 1 aromatic heterocycles. The molecule has 0 unspecified atom stereocenters. The van der Waals surface area contributed by atoms with Gasteiger partial charge in [-0.3, -0.25) is 10.1 Å². The van der Waals surface area contributed by atoms with Gasteiger partial charge in [0.2, 0.25) is 0 Å². The number of non-ortho nitro benzene ring substituents is 1.